The Labute approximate surface area is 139 Å². The molecule has 0 saturated carbocycles. The number of hydrogen-bond acceptors (Lipinski definition) is 3. The van der Waals surface area contributed by atoms with Gasteiger partial charge in [-0.2, -0.15) is 11.3 Å². The van der Waals surface area contributed by atoms with Gasteiger partial charge in [0.05, 0.1) is 6.04 Å². The summed E-state index contributed by atoms with van der Waals surface area (Å²) in [6, 6.07) is 9.61. The van der Waals surface area contributed by atoms with E-state index in [1.54, 1.807) is 11.3 Å². The number of amides is 1. The molecule has 1 aliphatic heterocycles. The number of rotatable bonds is 5. The van der Waals surface area contributed by atoms with Crippen molar-refractivity contribution in [3.63, 3.8) is 0 Å². The number of nitrogens with one attached hydrogen (secondary N) is 2. The summed E-state index contributed by atoms with van der Waals surface area (Å²) in [5.74, 6) is 0.570. The molecule has 1 aliphatic rings. The average Bonchev–Trinajstić information content (AvgIpc) is 2.97. The molecule has 2 heterocycles. The van der Waals surface area contributed by atoms with Gasteiger partial charge in [-0.05, 0) is 59.1 Å². The second-order valence-electron chi connectivity index (χ2n) is 5.76. The highest BCUT2D eigenvalue weighted by Crippen LogP contribution is 2.26. The zero-order valence-corrected chi connectivity index (χ0v) is 14.0. The molecular weight excluding hydrogens is 316 g/mol. The molecule has 2 unspecified atom stereocenters. The number of thiophene rings is 1. The largest absolute Gasteiger partial charge is 0.345 e. The van der Waals surface area contributed by atoms with Crippen LogP contribution in [0.15, 0.2) is 41.1 Å². The van der Waals surface area contributed by atoms with Crippen LogP contribution in [0.4, 0.5) is 0 Å². The highest BCUT2D eigenvalue weighted by Gasteiger charge is 2.30. The molecule has 0 aliphatic carbocycles. The molecule has 22 heavy (non-hydrogen) atoms. The van der Waals surface area contributed by atoms with Crippen LogP contribution < -0.4 is 10.6 Å². The van der Waals surface area contributed by atoms with E-state index in [0.717, 1.165) is 24.2 Å². The lowest BCUT2D eigenvalue weighted by Crippen LogP contribution is -2.50. The van der Waals surface area contributed by atoms with Gasteiger partial charge in [-0.1, -0.05) is 30.7 Å². The van der Waals surface area contributed by atoms with Crippen molar-refractivity contribution in [1.29, 1.82) is 0 Å². The first-order valence-corrected chi connectivity index (χ1v) is 8.76. The Morgan fingerprint density at radius 1 is 1.27 bits per heavy atom. The molecule has 3 rings (SSSR count). The summed E-state index contributed by atoms with van der Waals surface area (Å²) < 4.78 is 0. The average molecular weight is 335 g/mol. The minimum Gasteiger partial charge on any atom is -0.345 e. The fourth-order valence-electron chi connectivity index (χ4n) is 2.61. The monoisotopic (exact) mass is 334 g/mol. The third kappa shape index (κ3) is 3.35. The first kappa shape index (κ1) is 15.5. The minimum absolute atomic E-state index is 0.0229. The Morgan fingerprint density at radius 3 is 2.55 bits per heavy atom. The van der Waals surface area contributed by atoms with Crippen LogP contribution in [0, 0.1) is 11.8 Å². The van der Waals surface area contributed by atoms with Crippen LogP contribution in [0.2, 0.25) is 5.02 Å². The summed E-state index contributed by atoms with van der Waals surface area (Å²) in [7, 11) is 0. The molecule has 2 atom stereocenters. The first-order valence-electron chi connectivity index (χ1n) is 7.44. The standard InChI is InChI=1S/C17H19ClN2OS/c1-11(14-8-19-9-14)17(21)20-16(13-6-7-22-10-13)12-2-4-15(18)5-3-12/h2-7,10-11,14,16,19H,8-9H2,1H3,(H,20,21). The SMILES string of the molecule is CC(C(=O)NC(c1ccc(Cl)cc1)c1ccsc1)C1CNC1. The van der Waals surface area contributed by atoms with Crippen molar-refractivity contribution in [1.82, 2.24) is 10.6 Å². The van der Waals surface area contributed by atoms with Crippen molar-refractivity contribution in [2.75, 3.05) is 13.1 Å². The first-order chi connectivity index (χ1) is 10.6. The predicted octanol–water partition coefficient (Wildman–Crippen LogP) is 3.46. The van der Waals surface area contributed by atoms with Gasteiger partial charge in [0.1, 0.15) is 0 Å². The van der Waals surface area contributed by atoms with E-state index < -0.39 is 0 Å². The van der Waals surface area contributed by atoms with Gasteiger partial charge in [0.25, 0.3) is 0 Å². The van der Waals surface area contributed by atoms with Crippen LogP contribution in [-0.2, 0) is 4.79 Å². The summed E-state index contributed by atoms with van der Waals surface area (Å²) >= 11 is 7.61. The second-order valence-corrected chi connectivity index (χ2v) is 6.97. The number of benzene rings is 1. The lowest BCUT2D eigenvalue weighted by Gasteiger charge is -2.32. The van der Waals surface area contributed by atoms with E-state index in [9.17, 15) is 4.79 Å². The van der Waals surface area contributed by atoms with Gasteiger partial charge < -0.3 is 10.6 Å². The molecule has 1 aromatic carbocycles. The molecule has 116 valence electrons. The van der Waals surface area contributed by atoms with Crippen molar-refractivity contribution < 1.29 is 4.79 Å². The topological polar surface area (TPSA) is 41.1 Å². The van der Waals surface area contributed by atoms with Crippen molar-refractivity contribution in [3.05, 3.63) is 57.2 Å². The molecule has 0 bridgehead atoms. The number of carbonyl (C=O) groups is 1. The number of carbonyl (C=O) groups excluding carboxylic acids is 1. The molecule has 2 N–H and O–H groups in total. The van der Waals surface area contributed by atoms with E-state index in [2.05, 4.69) is 22.1 Å². The lowest BCUT2D eigenvalue weighted by molar-refractivity contribution is -0.127. The predicted molar refractivity (Wildman–Crippen MR) is 91.3 cm³/mol. The normalized spacial score (nSPS) is 17.5. The Hall–Kier alpha value is -1.36. The molecular formula is C17H19ClN2OS. The minimum atomic E-state index is -0.119. The Bertz CT molecular complexity index is 623. The maximum atomic E-state index is 12.6. The molecule has 1 fully saturated rings. The van der Waals surface area contributed by atoms with E-state index >= 15 is 0 Å². The summed E-state index contributed by atoms with van der Waals surface area (Å²) in [4.78, 5) is 12.6. The fraction of sp³-hybridized carbons (Fsp3) is 0.353. The summed E-state index contributed by atoms with van der Waals surface area (Å²) in [5, 5.41) is 11.2. The molecule has 0 spiro atoms. The van der Waals surface area contributed by atoms with Crippen LogP contribution in [-0.4, -0.2) is 19.0 Å². The fourth-order valence-corrected chi connectivity index (χ4v) is 3.42. The molecule has 1 aromatic heterocycles. The van der Waals surface area contributed by atoms with Crippen molar-refractivity contribution in [3.8, 4) is 0 Å². The molecule has 3 nitrogen and oxygen atoms in total. The van der Waals surface area contributed by atoms with Crippen molar-refractivity contribution in [2.24, 2.45) is 11.8 Å². The maximum Gasteiger partial charge on any atom is 0.223 e. The van der Waals surface area contributed by atoms with Gasteiger partial charge in [-0.15, -0.1) is 0 Å². The van der Waals surface area contributed by atoms with Crippen molar-refractivity contribution >= 4 is 28.8 Å². The maximum absolute atomic E-state index is 12.6. The van der Waals surface area contributed by atoms with Crippen LogP contribution in [0.25, 0.3) is 0 Å². The number of hydrogen-bond donors (Lipinski definition) is 2. The third-order valence-electron chi connectivity index (χ3n) is 4.30. The zero-order valence-electron chi connectivity index (χ0n) is 12.4. The van der Waals surface area contributed by atoms with Crippen LogP contribution in [0.3, 0.4) is 0 Å². The molecule has 1 saturated heterocycles. The quantitative estimate of drug-likeness (QED) is 0.879. The van der Waals surface area contributed by atoms with Gasteiger partial charge in [-0.25, -0.2) is 0 Å². The molecule has 5 heteroatoms. The third-order valence-corrected chi connectivity index (χ3v) is 5.25. The van der Waals surface area contributed by atoms with Gasteiger partial charge in [0.15, 0.2) is 0 Å². The summed E-state index contributed by atoms with van der Waals surface area (Å²) in [6.45, 7) is 3.87. The van der Waals surface area contributed by atoms with Crippen molar-refractivity contribution in [2.45, 2.75) is 13.0 Å². The number of halogens is 1. The Kier molecular flexibility index (Phi) is 4.81. The summed E-state index contributed by atoms with van der Waals surface area (Å²) in [5.41, 5.74) is 2.16. The van der Waals surface area contributed by atoms with Crippen LogP contribution >= 0.6 is 22.9 Å². The van der Waals surface area contributed by atoms with E-state index in [0.29, 0.717) is 10.9 Å². The van der Waals surface area contributed by atoms with Crippen LogP contribution in [0.1, 0.15) is 24.1 Å². The van der Waals surface area contributed by atoms with E-state index in [-0.39, 0.29) is 17.9 Å². The zero-order chi connectivity index (χ0) is 15.5. The van der Waals surface area contributed by atoms with Gasteiger partial charge in [-0.3, -0.25) is 4.79 Å². The van der Waals surface area contributed by atoms with Gasteiger partial charge >= 0.3 is 0 Å². The molecule has 2 aromatic rings. The van der Waals surface area contributed by atoms with E-state index in [4.69, 9.17) is 11.6 Å². The highest BCUT2D eigenvalue weighted by atomic mass is 35.5. The molecule has 1 amide bonds. The van der Waals surface area contributed by atoms with Crippen LogP contribution in [0.5, 0.6) is 0 Å². The van der Waals surface area contributed by atoms with Gasteiger partial charge in [0, 0.05) is 10.9 Å². The Balaban J connectivity index is 1.79. The molecule has 0 radical (unpaired) electrons. The van der Waals surface area contributed by atoms with E-state index in [1.807, 2.05) is 36.6 Å². The smallest absolute Gasteiger partial charge is 0.223 e. The lowest BCUT2D eigenvalue weighted by atomic mass is 9.87. The van der Waals surface area contributed by atoms with E-state index in [1.165, 1.54) is 0 Å². The highest BCUT2D eigenvalue weighted by molar-refractivity contribution is 7.08. The van der Waals surface area contributed by atoms with Gasteiger partial charge in [0.2, 0.25) is 5.91 Å². The summed E-state index contributed by atoms with van der Waals surface area (Å²) in [6.07, 6.45) is 0. The Morgan fingerprint density at radius 2 is 2.00 bits per heavy atom. The second kappa shape index (κ2) is 6.82.